The Morgan fingerprint density at radius 1 is 1.44 bits per heavy atom. The number of hydrogen-bond acceptors (Lipinski definition) is 3. The van der Waals surface area contributed by atoms with E-state index in [0.29, 0.717) is 0 Å². The SMILES string of the molecule is CCCCCC(C)(SCC)C(N)C(=O)O.Cl. The zero-order valence-corrected chi connectivity index (χ0v) is 12.0. The fraction of sp³-hybridized carbons (Fsp3) is 0.909. The Morgan fingerprint density at radius 2 is 2.00 bits per heavy atom. The Hall–Kier alpha value is 0.0700. The van der Waals surface area contributed by atoms with Crippen molar-refractivity contribution in [1.82, 2.24) is 0 Å². The van der Waals surface area contributed by atoms with E-state index in [4.69, 9.17) is 10.8 Å². The number of unbranched alkanes of at least 4 members (excludes halogenated alkanes) is 2. The molecule has 0 aliphatic heterocycles. The largest absolute Gasteiger partial charge is 0.480 e. The van der Waals surface area contributed by atoms with E-state index >= 15 is 0 Å². The molecule has 0 aliphatic carbocycles. The van der Waals surface area contributed by atoms with Crippen LogP contribution in [0, 0.1) is 0 Å². The van der Waals surface area contributed by atoms with Gasteiger partial charge in [-0.05, 0) is 19.1 Å². The summed E-state index contributed by atoms with van der Waals surface area (Å²) in [6.45, 7) is 6.15. The second-order valence-electron chi connectivity index (χ2n) is 4.02. The molecular formula is C11H24ClNO2S. The minimum absolute atomic E-state index is 0. The van der Waals surface area contributed by atoms with E-state index < -0.39 is 12.0 Å². The summed E-state index contributed by atoms with van der Waals surface area (Å²) in [5.74, 6) is 0.0128. The topological polar surface area (TPSA) is 63.3 Å². The van der Waals surface area contributed by atoms with Crippen molar-refractivity contribution in [3.63, 3.8) is 0 Å². The van der Waals surface area contributed by atoms with Gasteiger partial charge < -0.3 is 10.8 Å². The molecule has 16 heavy (non-hydrogen) atoms. The van der Waals surface area contributed by atoms with Gasteiger partial charge in [0.05, 0.1) is 0 Å². The first-order chi connectivity index (χ1) is 6.98. The van der Waals surface area contributed by atoms with E-state index in [0.717, 1.165) is 31.4 Å². The summed E-state index contributed by atoms with van der Waals surface area (Å²) >= 11 is 1.66. The molecule has 3 nitrogen and oxygen atoms in total. The van der Waals surface area contributed by atoms with Crippen LogP contribution in [-0.4, -0.2) is 27.6 Å². The summed E-state index contributed by atoms with van der Waals surface area (Å²) in [5.41, 5.74) is 5.74. The van der Waals surface area contributed by atoms with Crippen LogP contribution in [0.25, 0.3) is 0 Å². The number of carbonyl (C=O) groups is 1. The highest BCUT2D eigenvalue weighted by atomic mass is 35.5. The zero-order valence-electron chi connectivity index (χ0n) is 10.4. The minimum atomic E-state index is -0.894. The Kier molecular flexibility index (Phi) is 10.5. The summed E-state index contributed by atoms with van der Waals surface area (Å²) < 4.78 is -0.324. The summed E-state index contributed by atoms with van der Waals surface area (Å²) in [6.07, 6.45) is 4.23. The second kappa shape index (κ2) is 9.14. The summed E-state index contributed by atoms with van der Waals surface area (Å²) in [7, 11) is 0. The highest BCUT2D eigenvalue weighted by molar-refractivity contribution is 8.00. The van der Waals surface area contributed by atoms with Gasteiger partial charge in [-0.25, -0.2) is 0 Å². The predicted octanol–water partition coefficient (Wildman–Crippen LogP) is 2.91. The molecule has 2 unspecified atom stereocenters. The third-order valence-electron chi connectivity index (χ3n) is 2.67. The van der Waals surface area contributed by atoms with Gasteiger partial charge in [0.2, 0.25) is 0 Å². The van der Waals surface area contributed by atoms with E-state index in [9.17, 15) is 4.79 Å². The van der Waals surface area contributed by atoms with E-state index in [1.807, 2.05) is 13.8 Å². The lowest BCUT2D eigenvalue weighted by atomic mass is 9.95. The average Bonchev–Trinajstić information content (AvgIpc) is 2.17. The van der Waals surface area contributed by atoms with E-state index in [-0.39, 0.29) is 17.2 Å². The van der Waals surface area contributed by atoms with Gasteiger partial charge in [0, 0.05) is 4.75 Å². The Bertz CT molecular complexity index is 204. The van der Waals surface area contributed by atoms with Crippen LogP contribution < -0.4 is 5.73 Å². The van der Waals surface area contributed by atoms with Gasteiger partial charge in [0.25, 0.3) is 0 Å². The highest BCUT2D eigenvalue weighted by Crippen LogP contribution is 2.33. The zero-order chi connectivity index (χ0) is 11.9. The van der Waals surface area contributed by atoms with Crippen molar-refractivity contribution in [2.45, 2.75) is 57.2 Å². The molecule has 3 N–H and O–H groups in total. The van der Waals surface area contributed by atoms with E-state index in [1.54, 1.807) is 11.8 Å². The number of hydrogen-bond donors (Lipinski definition) is 2. The lowest BCUT2D eigenvalue weighted by molar-refractivity contribution is -0.139. The Labute approximate surface area is 109 Å². The maximum atomic E-state index is 10.9. The van der Waals surface area contributed by atoms with Gasteiger partial charge in [-0.1, -0.05) is 33.1 Å². The normalized spacial score (nSPS) is 16.0. The first-order valence-corrected chi connectivity index (χ1v) is 6.58. The van der Waals surface area contributed by atoms with Gasteiger partial charge in [-0.2, -0.15) is 11.8 Å². The van der Waals surface area contributed by atoms with Crippen molar-refractivity contribution in [1.29, 1.82) is 0 Å². The van der Waals surface area contributed by atoms with Gasteiger partial charge in [-0.15, -0.1) is 12.4 Å². The number of aliphatic carboxylic acids is 1. The number of carboxylic acid groups (broad SMARTS) is 1. The smallest absolute Gasteiger partial charge is 0.321 e. The van der Waals surface area contributed by atoms with Crippen LogP contribution in [0.3, 0.4) is 0 Å². The fourth-order valence-electron chi connectivity index (χ4n) is 1.63. The van der Waals surface area contributed by atoms with Crippen LogP contribution in [0.2, 0.25) is 0 Å². The molecule has 0 aromatic heterocycles. The highest BCUT2D eigenvalue weighted by Gasteiger charge is 2.35. The van der Waals surface area contributed by atoms with Crippen molar-refractivity contribution in [2.75, 3.05) is 5.75 Å². The molecule has 0 spiro atoms. The minimum Gasteiger partial charge on any atom is -0.480 e. The monoisotopic (exact) mass is 269 g/mol. The Balaban J connectivity index is 0. The van der Waals surface area contributed by atoms with Crippen LogP contribution in [0.1, 0.15) is 46.5 Å². The van der Waals surface area contributed by atoms with E-state index in [1.165, 1.54) is 0 Å². The van der Waals surface area contributed by atoms with Crippen LogP contribution in [0.4, 0.5) is 0 Å². The molecule has 0 aromatic carbocycles. The molecule has 0 radical (unpaired) electrons. The molecule has 0 bridgehead atoms. The molecular weight excluding hydrogens is 246 g/mol. The summed E-state index contributed by atoms with van der Waals surface area (Å²) in [5, 5.41) is 8.96. The Morgan fingerprint density at radius 3 is 2.38 bits per heavy atom. The molecule has 98 valence electrons. The van der Waals surface area contributed by atoms with Crippen LogP contribution in [0.15, 0.2) is 0 Å². The molecule has 2 atom stereocenters. The van der Waals surface area contributed by atoms with Crippen molar-refractivity contribution < 1.29 is 9.90 Å². The standard InChI is InChI=1S/C11H23NO2S.ClH/c1-4-6-7-8-11(3,15-5-2)9(12)10(13)14;/h9H,4-8,12H2,1-3H3,(H,13,14);1H. The number of halogens is 1. The summed E-state index contributed by atoms with van der Waals surface area (Å²) in [6, 6.07) is -0.765. The first kappa shape index (κ1) is 18.4. The number of carboxylic acids is 1. The van der Waals surface area contributed by atoms with E-state index in [2.05, 4.69) is 6.92 Å². The third-order valence-corrected chi connectivity index (χ3v) is 4.08. The molecule has 0 amide bonds. The number of thioether (sulfide) groups is 1. The maximum absolute atomic E-state index is 10.9. The van der Waals surface area contributed by atoms with Gasteiger partial charge in [0.15, 0.2) is 0 Å². The van der Waals surface area contributed by atoms with Gasteiger partial charge >= 0.3 is 5.97 Å². The first-order valence-electron chi connectivity index (χ1n) is 5.60. The van der Waals surface area contributed by atoms with Gasteiger partial charge in [-0.3, -0.25) is 4.79 Å². The average molecular weight is 270 g/mol. The van der Waals surface area contributed by atoms with Crippen molar-refractivity contribution in [3.8, 4) is 0 Å². The maximum Gasteiger partial charge on any atom is 0.321 e. The summed E-state index contributed by atoms with van der Waals surface area (Å²) in [4.78, 5) is 10.9. The predicted molar refractivity (Wildman–Crippen MR) is 73.5 cm³/mol. The molecule has 0 aliphatic rings. The molecule has 0 aromatic rings. The van der Waals surface area contributed by atoms with Crippen molar-refractivity contribution in [3.05, 3.63) is 0 Å². The van der Waals surface area contributed by atoms with Crippen LogP contribution >= 0.6 is 24.2 Å². The molecule has 0 fully saturated rings. The van der Waals surface area contributed by atoms with Crippen molar-refractivity contribution >= 4 is 30.1 Å². The lowest BCUT2D eigenvalue weighted by Gasteiger charge is -2.32. The van der Waals surface area contributed by atoms with Crippen LogP contribution in [-0.2, 0) is 4.79 Å². The molecule has 0 heterocycles. The fourth-order valence-corrected chi connectivity index (χ4v) is 2.86. The molecule has 0 rings (SSSR count). The number of nitrogens with two attached hydrogens (primary N) is 1. The third kappa shape index (κ3) is 5.97. The quantitative estimate of drug-likeness (QED) is 0.665. The van der Waals surface area contributed by atoms with Gasteiger partial charge in [0.1, 0.15) is 6.04 Å². The van der Waals surface area contributed by atoms with Crippen molar-refractivity contribution in [2.24, 2.45) is 5.73 Å². The molecule has 0 saturated carbocycles. The molecule has 5 heteroatoms. The second-order valence-corrected chi connectivity index (χ2v) is 5.82. The van der Waals surface area contributed by atoms with Crippen LogP contribution in [0.5, 0.6) is 0 Å². The lowest BCUT2D eigenvalue weighted by Crippen LogP contribution is -2.48. The number of rotatable bonds is 8. The molecule has 0 saturated heterocycles.